The number of alkyl halides is 1. The minimum absolute atomic E-state index is 0.140. The molecule has 0 heterocycles. The molecule has 0 atom stereocenters. The molecule has 0 amide bonds. The second kappa shape index (κ2) is 7.22. The molecule has 0 aromatic carbocycles. The van der Waals surface area contributed by atoms with E-state index in [9.17, 15) is 4.39 Å². The van der Waals surface area contributed by atoms with Gasteiger partial charge in [0.25, 0.3) is 0 Å². The molecule has 11 heavy (non-hydrogen) atoms. The molecule has 62 valence electrons. The first-order chi connectivity index (χ1) is 5.31. The molecule has 0 radical (unpaired) electrons. The minimum atomic E-state index is -0.446. The van der Waals surface area contributed by atoms with Crippen LogP contribution >= 0.6 is 0 Å². The molecule has 0 aliphatic heterocycles. The Labute approximate surface area is 66.9 Å². The summed E-state index contributed by atoms with van der Waals surface area (Å²) in [6.45, 7) is 7.26. The van der Waals surface area contributed by atoms with Crippen LogP contribution in [0.5, 0.6) is 0 Å². The summed E-state index contributed by atoms with van der Waals surface area (Å²) in [6.07, 6.45) is 5.20. The summed E-state index contributed by atoms with van der Waals surface area (Å²) in [5.74, 6) is 0. The maximum Gasteiger partial charge on any atom is 0.113 e. The van der Waals surface area contributed by atoms with Gasteiger partial charge in [0.15, 0.2) is 0 Å². The lowest BCUT2D eigenvalue weighted by Crippen LogP contribution is -1.98. The van der Waals surface area contributed by atoms with E-state index in [1.165, 1.54) is 0 Å². The van der Waals surface area contributed by atoms with Crippen molar-refractivity contribution in [1.29, 1.82) is 0 Å². The number of halogens is 1. The van der Waals surface area contributed by atoms with Crippen LogP contribution in [0.25, 0.3) is 0 Å². The van der Waals surface area contributed by atoms with Gasteiger partial charge in [0.2, 0.25) is 0 Å². The van der Waals surface area contributed by atoms with E-state index in [0.717, 1.165) is 5.57 Å². The Balaban J connectivity index is 3.37. The summed E-state index contributed by atoms with van der Waals surface area (Å²) in [5.41, 5.74) is 0.818. The van der Waals surface area contributed by atoms with Crippen molar-refractivity contribution in [2.24, 2.45) is 0 Å². The van der Waals surface area contributed by atoms with Gasteiger partial charge in [-0.05, 0) is 5.57 Å². The van der Waals surface area contributed by atoms with Crippen molar-refractivity contribution in [1.82, 2.24) is 0 Å². The van der Waals surface area contributed by atoms with Crippen molar-refractivity contribution in [2.45, 2.75) is 0 Å². The zero-order valence-corrected chi connectivity index (χ0v) is 6.55. The number of allylic oxidation sites excluding steroid dienone is 2. The highest BCUT2D eigenvalue weighted by atomic mass is 19.1. The van der Waals surface area contributed by atoms with Crippen molar-refractivity contribution in [2.75, 3.05) is 19.9 Å². The second-order valence-corrected chi connectivity index (χ2v) is 1.99. The molecule has 0 unspecified atom stereocenters. The van der Waals surface area contributed by atoms with Crippen molar-refractivity contribution >= 4 is 0 Å². The highest BCUT2D eigenvalue weighted by Crippen LogP contribution is 1.93. The summed E-state index contributed by atoms with van der Waals surface area (Å²) >= 11 is 0. The number of hydrogen-bond donors (Lipinski definition) is 0. The van der Waals surface area contributed by atoms with Crippen molar-refractivity contribution in [3.63, 3.8) is 0 Å². The first-order valence-electron chi connectivity index (χ1n) is 3.42. The van der Waals surface area contributed by atoms with Crippen LogP contribution in [0.1, 0.15) is 0 Å². The van der Waals surface area contributed by atoms with Crippen LogP contribution in [0.3, 0.4) is 0 Å². The number of rotatable bonds is 6. The highest BCUT2D eigenvalue weighted by molar-refractivity contribution is 5.18. The van der Waals surface area contributed by atoms with E-state index in [-0.39, 0.29) is 6.61 Å². The summed E-state index contributed by atoms with van der Waals surface area (Å²) in [4.78, 5) is 0. The van der Waals surface area contributed by atoms with E-state index < -0.39 is 6.67 Å². The smallest absolute Gasteiger partial charge is 0.113 e. The maximum absolute atomic E-state index is 11.5. The molecule has 0 rings (SSSR count). The van der Waals surface area contributed by atoms with Crippen molar-refractivity contribution in [3.05, 3.63) is 37.0 Å². The van der Waals surface area contributed by atoms with Gasteiger partial charge in [0, 0.05) is 0 Å². The van der Waals surface area contributed by atoms with E-state index in [1.807, 2.05) is 0 Å². The molecular formula is C9H13FO. The van der Waals surface area contributed by atoms with Gasteiger partial charge in [-0.25, -0.2) is 4.39 Å². The van der Waals surface area contributed by atoms with Crippen LogP contribution in [0, 0.1) is 0 Å². The number of hydrogen-bond acceptors (Lipinski definition) is 1. The molecule has 0 spiro atoms. The standard InChI is InChI=1S/C9H13FO/c1-3-4-5-9(2)8-11-7-6-10/h3-5H,1-2,6-8H2/b5-4-. The molecule has 0 N–H and O–H groups in total. The molecule has 0 aliphatic rings. The predicted molar refractivity (Wildman–Crippen MR) is 45.3 cm³/mol. The SMILES string of the molecule is C=C/C=C\C(=C)COCCF. The Morgan fingerprint density at radius 3 is 2.82 bits per heavy atom. The van der Waals surface area contributed by atoms with Gasteiger partial charge in [-0.3, -0.25) is 0 Å². The average molecular weight is 156 g/mol. The van der Waals surface area contributed by atoms with Gasteiger partial charge in [-0.15, -0.1) is 0 Å². The molecule has 2 heteroatoms. The van der Waals surface area contributed by atoms with E-state index in [1.54, 1.807) is 18.2 Å². The van der Waals surface area contributed by atoms with E-state index >= 15 is 0 Å². The Hall–Kier alpha value is -0.890. The Morgan fingerprint density at radius 1 is 1.55 bits per heavy atom. The summed E-state index contributed by atoms with van der Waals surface area (Å²) in [5, 5.41) is 0. The highest BCUT2D eigenvalue weighted by Gasteiger charge is 1.87. The van der Waals surface area contributed by atoms with Crippen LogP contribution in [-0.2, 0) is 4.74 Å². The first kappa shape index (κ1) is 10.1. The predicted octanol–water partition coefficient (Wildman–Crippen LogP) is 2.27. The summed E-state index contributed by atoms with van der Waals surface area (Å²) in [6, 6.07) is 0. The Kier molecular flexibility index (Phi) is 6.64. The monoisotopic (exact) mass is 156 g/mol. The second-order valence-electron chi connectivity index (χ2n) is 1.99. The largest absolute Gasteiger partial charge is 0.374 e. The lowest BCUT2D eigenvalue weighted by molar-refractivity contribution is 0.140. The Morgan fingerprint density at radius 2 is 2.27 bits per heavy atom. The van der Waals surface area contributed by atoms with Crippen LogP contribution < -0.4 is 0 Å². The normalized spacial score (nSPS) is 10.3. The molecule has 0 fully saturated rings. The van der Waals surface area contributed by atoms with E-state index in [2.05, 4.69) is 13.2 Å². The third-order valence-corrected chi connectivity index (χ3v) is 0.977. The zero-order valence-electron chi connectivity index (χ0n) is 6.55. The van der Waals surface area contributed by atoms with Crippen LogP contribution in [0.4, 0.5) is 4.39 Å². The van der Waals surface area contributed by atoms with Gasteiger partial charge in [0.1, 0.15) is 6.67 Å². The molecule has 0 saturated heterocycles. The molecule has 0 aromatic rings. The van der Waals surface area contributed by atoms with Crippen molar-refractivity contribution < 1.29 is 9.13 Å². The topological polar surface area (TPSA) is 9.23 Å². The third kappa shape index (κ3) is 7.00. The third-order valence-electron chi connectivity index (χ3n) is 0.977. The molecular weight excluding hydrogens is 143 g/mol. The summed E-state index contributed by atoms with van der Waals surface area (Å²) in [7, 11) is 0. The minimum Gasteiger partial charge on any atom is -0.374 e. The van der Waals surface area contributed by atoms with Gasteiger partial charge in [0.05, 0.1) is 13.2 Å². The van der Waals surface area contributed by atoms with Crippen LogP contribution in [0.15, 0.2) is 37.0 Å². The maximum atomic E-state index is 11.5. The van der Waals surface area contributed by atoms with Gasteiger partial charge in [-0.2, -0.15) is 0 Å². The van der Waals surface area contributed by atoms with Gasteiger partial charge >= 0.3 is 0 Å². The lowest BCUT2D eigenvalue weighted by atomic mass is 10.3. The van der Waals surface area contributed by atoms with E-state index in [4.69, 9.17) is 4.74 Å². The molecule has 0 saturated carbocycles. The summed E-state index contributed by atoms with van der Waals surface area (Å²) < 4.78 is 16.4. The fourth-order valence-electron chi connectivity index (χ4n) is 0.510. The zero-order chi connectivity index (χ0) is 8.53. The molecule has 0 bridgehead atoms. The van der Waals surface area contributed by atoms with Crippen LogP contribution in [0.2, 0.25) is 0 Å². The van der Waals surface area contributed by atoms with E-state index in [0.29, 0.717) is 6.61 Å². The van der Waals surface area contributed by atoms with Gasteiger partial charge < -0.3 is 4.74 Å². The average Bonchev–Trinajstić information content (AvgIpc) is 2.01. The molecule has 1 nitrogen and oxygen atoms in total. The lowest BCUT2D eigenvalue weighted by Gasteiger charge is -1.99. The quantitative estimate of drug-likeness (QED) is 0.423. The Bertz CT molecular complexity index is 150. The van der Waals surface area contributed by atoms with Crippen LogP contribution in [-0.4, -0.2) is 19.9 Å². The number of ether oxygens (including phenoxy) is 1. The van der Waals surface area contributed by atoms with Crippen molar-refractivity contribution in [3.8, 4) is 0 Å². The fraction of sp³-hybridized carbons (Fsp3) is 0.333. The molecule has 0 aromatic heterocycles. The molecule has 0 aliphatic carbocycles. The van der Waals surface area contributed by atoms with Gasteiger partial charge in [-0.1, -0.05) is 31.4 Å². The first-order valence-corrected chi connectivity index (χ1v) is 3.42. The fourth-order valence-corrected chi connectivity index (χ4v) is 0.510.